The summed E-state index contributed by atoms with van der Waals surface area (Å²) in [7, 11) is 5.50. The van der Waals surface area contributed by atoms with Gasteiger partial charge in [-0.15, -0.1) is 0 Å². The van der Waals surface area contributed by atoms with E-state index in [0.717, 1.165) is 29.1 Å². The summed E-state index contributed by atoms with van der Waals surface area (Å²) >= 11 is 0. The van der Waals surface area contributed by atoms with E-state index in [4.69, 9.17) is 9.47 Å². The average Bonchev–Trinajstić information content (AvgIpc) is 2.92. The summed E-state index contributed by atoms with van der Waals surface area (Å²) in [5.41, 5.74) is 4.19. The molecule has 2 rings (SSSR count). The molecule has 0 amide bonds. The highest BCUT2D eigenvalue weighted by Gasteiger charge is 2.14. The minimum Gasteiger partial charge on any atom is -0.383 e. The summed E-state index contributed by atoms with van der Waals surface area (Å²) in [6.07, 6.45) is 4.14. The van der Waals surface area contributed by atoms with Crippen molar-refractivity contribution in [1.29, 1.82) is 0 Å². The number of aryl methyl sites for hydroxylation is 1. The van der Waals surface area contributed by atoms with Crippen molar-refractivity contribution in [2.75, 3.05) is 39.3 Å². The van der Waals surface area contributed by atoms with Gasteiger partial charge in [-0.3, -0.25) is 0 Å². The number of nitrogens with zero attached hydrogens (tertiary/aromatic N) is 3. The molecule has 2 aromatic heterocycles. The molecule has 0 aliphatic heterocycles. The molecule has 2 aromatic rings. The fourth-order valence-corrected chi connectivity index (χ4v) is 2.22. The monoisotopic (exact) mass is 307 g/mol. The van der Waals surface area contributed by atoms with Gasteiger partial charge in [-0.05, 0) is 19.9 Å². The van der Waals surface area contributed by atoms with Crippen molar-refractivity contribution in [3.8, 4) is 0 Å². The number of methoxy groups -OCH3 is 2. The molecule has 0 saturated carbocycles. The van der Waals surface area contributed by atoms with Crippen LogP contribution in [-0.2, 0) is 9.47 Å². The van der Waals surface area contributed by atoms with Gasteiger partial charge in [-0.1, -0.05) is 13.8 Å². The SMILES string of the molecule is CC.COCCN(C)c1cc([C@@H](C)OC)c2nc(C)cn2c1. The Hall–Kier alpha value is -1.59. The van der Waals surface area contributed by atoms with E-state index in [0.29, 0.717) is 6.61 Å². The van der Waals surface area contributed by atoms with Crippen molar-refractivity contribution in [2.24, 2.45) is 0 Å². The van der Waals surface area contributed by atoms with Gasteiger partial charge in [0.2, 0.25) is 0 Å². The van der Waals surface area contributed by atoms with E-state index in [1.165, 1.54) is 0 Å². The summed E-state index contributed by atoms with van der Waals surface area (Å²) in [5, 5.41) is 0. The first-order chi connectivity index (χ1) is 10.6. The van der Waals surface area contributed by atoms with E-state index in [2.05, 4.69) is 33.6 Å². The highest BCUT2D eigenvalue weighted by atomic mass is 16.5. The molecule has 22 heavy (non-hydrogen) atoms. The number of likely N-dealkylation sites (N-methyl/N-ethyl adjacent to an activating group) is 1. The summed E-state index contributed by atoms with van der Waals surface area (Å²) < 4.78 is 12.7. The summed E-state index contributed by atoms with van der Waals surface area (Å²) in [6.45, 7) is 9.59. The third kappa shape index (κ3) is 4.21. The average molecular weight is 307 g/mol. The Bertz CT molecular complexity index is 581. The molecule has 0 spiro atoms. The van der Waals surface area contributed by atoms with Crippen molar-refractivity contribution in [3.63, 3.8) is 0 Å². The van der Waals surface area contributed by atoms with Crippen LogP contribution < -0.4 is 4.90 Å². The Labute approximate surface area is 133 Å². The van der Waals surface area contributed by atoms with E-state index in [9.17, 15) is 0 Å². The van der Waals surface area contributed by atoms with Crippen molar-refractivity contribution >= 4 is 11.3 Å². The van der Waals surface area contributed by atoms with E-state index in [1.54, 1.807) is 14.2 Å². The molecular formula is C17H29N3O2. The van der Waals surface area contributed by atoms with Gasteiger partial charge in [0.05, 0.1) is 24.1 Å². The number of hydrogen-bond donors (Lipinski definition) is 0. The molecule has 124 valence electrons. The zero-order chi connectivity index (χ0) is 16.7. The first-order valence-electron chi connectivity index (χ1n) is 7.79. The van der Waals surface area contributed by atoms with E-state index in [-0.39, 0.29) is 6.10 Å². The Morgan fingerprint density at radius 3 is 2.55 bits per heavy atom. The van der Waals surface area contributed by atoms with E-state index in [1.807, 2.05) is 33.9 Å². The third-order valence-electron chi connectivity index (χ3n) is 3.55. The van der Waals surface area contributed by atoms with Crippen LogP contribution >= 0.6 is 0 Å². The molecule has 2 heterocycles. The van der Waals surface area contributed by atoms with Gasteiger partial charge in [-0.25, -0.2) is 4.98 Å². The molecule has 0 unspecified atom stereocenters. The summed E-state index contributed by atoms with van der Waals surface area (Å²) in [5.74, 6) is 0. The third-order valence-corrected chi connectivity index (χ3v) is 3.55. The van der Waals surface area contributed by atoms with E-state index >= 15 is 0 Å². The largest absolute Gasteiger partial charge is 0.383 e. The minimum atomic E-state index is 0.00933. The number of fused-ring (bicyclic) bond motifs is 1. The van der Waals surface area contributed by atoms with Crippen LogP contribution in [0.2, 0.25) is 0 Å². The first-order valence-corrected chi connectivity index (χ1v) is 7.79. The number of hydrogen-bond acceptors (Lipinski definition) is 4. The van der Waals surface area contributed by atoms with Crippen molar-refractivity contribution in [3.05, 3.63) is 29.7 Å². The van der Waals surface area contributed by atoms with Crippen molar-refractivity contribution in [2.45, 2.75) is 33.8 Å². The number of ether oxygens (including phenoxy) is 2. The second kappa shape index (κ2) is 8.76. The normalized spacial score (nSPS) is 12.0. The van der Waals surface area contributed by atoms with Gasteiger partial charge in [0.25, 0.3) is 0 Å². The van der Waals surface area contributed by atoms with Gasteiger partial charge < -0.3 is 18.8 Å². The smallest absolute Gasteiger partial charge is 0.142 e. The molecule has 0 aliphatic rings. The lowest BCUT2D eigenvalue weighted by Crippen LogP contribution is -2.22. The molecule has 0 aromatic carbocycles. The number of rotatable bonds is 6. The standard InChI is InChI=1S/C15H23N3O2.C2H6/c1-11-9-18-10-13(17(3)6-7-19-4)8-14(12(2)20-5)15(18)16-11;1-2/h8-10,12H,6-7H2,1-5H3;1-2H3/t12-;/m1./s1. The maximum absolute atomic E-state index is 5.47. The minimum absolute atomic E-state index is 0.00933. The van der Waals surface area contributed by atoms with Gasteiger partial charge in [0, 0.05) is 45.8 Å². The highest BCUT2D eigenvalue weighted by Crippen LogP contribution is 2.26. The molecule has 0 bridgehead atoms. The maximum Gasteiger partial charge on any atom is 0.142 e. The van der Waals surface area contributed by atoms with Gasteiger partial charge in [0.1, 0.15) is 5.65 Å². The number of aromatic nitrogens is 2. The predicted octanol–water partition coefficient (Wildman–Crippen LogP) is 3.46. The van der Waals surface area contributed by atoms with Crippen molar-refractivity contribution < 1.29 is 9.47 Å². The molecule has 5 nitrogen and oxygen atoms in total. The van der Waals surface area contributed by atoms with Crippen LogP contribution in [0.3, 0.4) is 0 Å². The van der Waals surface area contributed by atoms with Gasteiger partial charge >= 0.3 is 0 Å². The fourth-order valence-electron chi connectivity index (χ4n) is 2.22. The molecule has 0 saturated heterocycles. The second-order valence-corrected chi connectivity index (χ2v) is 5.06. The molecule has 0 aliphatic carbocycles. The summed E-state index contributed by atoms with van der Waals surface area (Å²) in [6, 6.07) is 2.14. The molecule has 1 atom stereocenters. The van der Waals surface area contributed by atoms with Crippen LogP contribution in [-0.4, -0.2) is 43.8 Å². The lowest BCUT2D eigenvalue weighted by Gasteiger charge is -2.21. The van der Waals surface area contributed by atoms with Crippen LogP contribution in [0.15, 0.2) is 18.5 Å². The topological polar surface area (TPSA) is 39.0 Å². The van der Waals surface area contributed by atoms with Gasteiger partial charge in [0.15, 0.2) is 0 Å². The maximum atomic E-state index is 5.47. The van der Waals surface area contributed by atoms with E-state index < -0.39 is 0 Å². The molecule has 0 N–H and O–H groups in total. The zero-order valence-corrected chi connectivity index (χ0v) is 14.9. The molecule has 0 fully saturated rings. The van der Waals surface area contributed by atoms with Crippen LogP contribution in [0.4, 0.5) is 5.69 Å². The Morgan fingerprint density at radius 1 is 1.27 bits per heavy atom. The van der Waals surface area contributed by atoms with Crippen LogP contribution in [0, 0.1) is 6.92 Å². The second-order valence-electron chi connectivity index (χ2n) is 5.06. The Kier molecular flexibility index (Phi) is 7.35. The number of anilines is 1. The van der Waals surface area contributed by atoms with Crippen LogP contribution in [0.1, 0.15) is 38.1 Å². The molecule has 5 heteroatoms. The molecule has 0 radical (unpaired) electrons. The Balaban J connectivity index is 0.00000116. The number of imidazole rings is 1. The summed E-state index contributed by atoms with van der Waals surface area (Å²) in [4.78, 5) is 6.76. The Morgan fingerprint density at radius 2 is 1.95 bits per heavy atom. The van der Waals surface area contributed by atoms with Crippen molar-refractivity contribution in [1.82, 2.24) is 9.38 Å². The predicted molar refractivity (Wildman–Crippen MR) is 91.8 cm³/mol. The highest BCUT2D eigenvalue weighted by molar-refractivity contribution is 5.59. The van der Waals surface area contributed by atoms with Gasteiger partial charge in [-0.2, -0.15) is 0 Å². The number of pyridine rings is 1. The lowest BCUT2D eigenvalue weighted by molar-refractivity contribution is 0.120. The quantitative estimate of drug-likeness (QED) is 0.819. The van der Waals surface area contributed by atoms with Crippen LogP contribution in [0.25, 0.3) is 5.65 Å². The zero-order valence-electron chi connectivity index (χ0n) is 14.9. The first kappa shape index (κ1) is 18.5. The van der Waals surface area contributed by atoms with Crippen LogP contribution in [0.5, 0.6) is 0 Å². The molecular weight excluding hydrogens is 278 g/mol. The lowest BCUT2D eigenvalue weighted by atomic mass is 10.1. The fraction of sp³-hybridized carbons (Fsp3) is 0.588.